The first-order valence-electron chi connectivity index (χ1n) is 3.83. The van der Waals surface area contributed by atoms with E-state index < -0.39 is 0 Å². The SMILES string of the molecule is C/C=C\c1ccccc1Cl.[C-]#[O+].[C-]#[O+].[C-]#[O+].[Cr]. The Bertz CT molecular complexity index is 342. The second-order valence-electron chi connectivity index (χ2n) is 2.02. The molecule has 1 aromatic carbocycles. The van der Waals surface area contributed by atoms with Crippen LogP contribution >= 0.6 is 11.6 Å². The molecular formula is C12H9ClCrO3. The molecule has 0 spiro atoms. The van der Waals surface area contributed by atoms with Gasteiger partial charge < -0.3 is 0 Å². The molecule has 1 aromatic rings. The fourth-order valence-corrected chi connectivity index (χ4v) is 0.989. The van der Waals surface area contributed by atoms with E-state index in [1.807, 2.05) is 43.3 Å². The maximum absolute atomic E-state index is 7.50. The van der Waals surface area contributed by atoms with E-state index in [0.717, 1.165) is 10.6 Å². The predicted octanol–water partition coefficient (Wildman–Crippen LogP) is 3.26. The largest absolute Gasteiger partial charge is 0 e. The third kappa shape index (κ3) is 15.0. The summed E-state index contributed by atoms with van der Waals surface area (Å²) in [5.74, 6) is 0. The molecule has 0 unspecified atom stereocenters. The number of allylic oxidation sites excluding steroid dienone is 1. The van der Waals surface area contributed by atoms with Gasteiger partial charge >= 0.3 is 33.9 Å². The van der Waals surface area contributed by atoms with Gasteiger partial charge in [0, 0.05) is 22.4 Å². The van der Waals surface area contributed by atoms with Gasteiger partial charge in [-0.3, -0.25) is 0 Å². The quantitative estimate of drug-likeness (QED) is 0.562. The summed E-state index contributed by atoms with van der Waals surface area (Å²) in [6.45, 7) is 15.5. The molecule has 0 radical (unpaired) electrons. The Hall–Kier alpha value is -0.998. The van der Waals surface area contributed by atoms with Gasteiger partial charge in [-0.25, -0.2) is 0 Å². The van der Waals surface area contributed by atoms with Crippen molar-refractivity contribution in [2.45, 2.75) is 6.92 Å². The van der Waals surface area contributed by atoms with Crippen LogP contribution in [0.2, 0.25) is 5.02 Å². The zero-order valence-electron chi connectivity index (χ0n) is 8.98. The van der Waals surface area contributed by atoms with Crippen LogP contribution in [0.5, 0.6) is 0 Å². The number of benzene rings is 1. The summed E-state index contributed by atoms with van der Waals surface area (Å²) in [7, 11) is 0. The summed E-state index contributed by atoms with van der Waals surface area (Å²) >= 11 is 5.85. The molecule has 0 heterocycles. The standard InChI is InChI=1S/C9H9Cl.3CO.Cr/c1-2-5-8-6-3-4-7-9(8)10;3*1-2;/h2-7H,1H3;;;;/b5-2-;;;;. The normalized spacial score (nSPS) is 6.59. The average molecular weight is 289 g/mol. The van der Waals surface area contributed by atoms with E-state index in [-0.39, 0.29) is 17.4 Å². The van der Waals surface area contributed by atoms with Crippen molar-refractivity contribution in [2.24, 2.45) is 0 Å². The predicted molar refractivity (Wildman–Crippen MR) is 57.9 cm³/mol. The second-order valence-corrected chi connectivity index (χ2v) is 2.43. The van der Waals surface area contributed by atoms with Gasteiger partial charge in [-0.2, -0.15) is 0 Å². The molecule has 17 heavy (non-hydrogen) atoms. The van der Waals surface area contributed by atoms with E-state index in [1.54, 1.807) is 0 Å². The van der Waals surface area contributed by atoms with E-state index in [1.165, 1.54) is 0 Å². The van der Waals surface area contributed by atoms with Crippen LogP contribution in [0.1, 0.15) is 12.5 Å². The molecular weight excluding hydrogens is 280 g/mol. The van der Waals surface area contributed by atoms with Crippen LogP contribution in [0.4, 0.5) is 0 Å². The van der Waals surface area contributed by atoms with Gasteiger partial charge in [0.2, 0.25) is 0 Å². The third-order valence-electron chi connectivity index (χ3n) is 1.25. The van der Waals surface area contributed by atoms with Gasteiger partial charge in [-0.1, -0.05) is 42.0 Å². The molecule has 88 valence electrons. The molecule has 0 aliphatic heterocycles. The van der Waals surface area contributed by atoms with E-state index in [9.17, 15) is 0 Å². The molecule has 5 heteroatoms. The number of hydrogen-bond donors (Lipinski definition) is 0. The van der Waals surface area contributed by atoms with E-state index in [0.29, 0.717) is 0 Å². The van der Waals surface area contributed by atoms with Crippen molar-refractivity contribution in [1.29, 1.82) is 0 Å². The molecule has 0 atom stereocenters. The van der Waals surface area contributed by atoms with Crippen molar-refractivity contribution in [2.75, 3.05) is 0 Å². The van der Waals surface area contributed by atoms with Crippen molar-refractivity contribution in [3.05, 3.63) is 60.9 Å². The Labute approximate surface area is 117 Å². The molecule has 0 bridgehead atoms. The monoisotopic (exact) mass is 288 g/mol. The minimum Gasteiger partial charge on any atom is 0 e. The van der Waals surface area contributed by atoms with Gasteiger partial charge in [0.25, 0.3) is 0 Å². The first-order valence-corrected chi connectivity index (χ1v) is 4.21. The van der Waals surface area contributed by atoms with Crippen molar-refractivity contribution in [3.8, 4) is 0 Å². The molecule has 0 N–H and O–H groups in total. The van der Waals surface area contributed by atoms with Crippen LogP contribution in [0, 0.1) is 20.0 Å². The molecule has 0 amide bonds. The maximum atomic E-state index is 7.50. The zero-order valence-corrected chi connectivity index (χ0v) is 11.0. The van der Waals surface area contributed by atoms with E-state index >= 15 is 0 Å². The summed E-state index contributed by atoms with van der Waals surface area (Å²) < 4.78 is 22.5. The van der Waals surface area contributed by atoms with Crippen molar-refractivity contribution >= 4 is 17.7 Å². The molecule has 0 saturated carbocycles. The topological polar surface area (TPSA) is 59.7 Å². The summed E-state index contributed by atoms with van der Waals surface area (Å²) in [6, 6.07) is 7.77. The van der Waals surface area contributed by atoms with Crippen LogP contribution < -0.4 is 0 Å². The molecule has 1 rings (SSSR count). The second kappa shape index (κ2) is 24.3. The molecule has 3 nitrogen and oxygen atoms in total. The Kier molecular flexibility index (Phi) is 35.7. The van der Waals surface area contributed by atoms with Crippen LogP contribution in [-0.4, -0.2) is 0 Å². The average Bonchev–Trinajstić information content (AvgIpc) is 2.40. The minimum absolute atomic E-state index is 0. The van der Waals surface area contributed by atoms with Crippen molar-refractivity contribution < 1.29 is 31.3 Å². The Morgan fingerprint density at radius 2 is 1.41 bits per heavy atom. The third-order valence-corrected chi connectivity index (χ3v) is 1.60. The molecule has 0 fully saturated rings. The number of hydrogen-bond acceptors (Lipinski definition) is 0. The van der Waals surface area contributed by atoms with Gasteiger partial charge in [-0.05, 0) is 18.6 Å². The van der Waals surface area contributed by atoms with Crippen LogP contribution in [0.25, 0.3) is 6.08 Å². The van der Waals surface area contributed by atoms with Crippen molar-refractivity contribution in [1.82, 2.24) is 0 Å². The van der Waals surface area contributed by atoms with Gasteiger partial charge in [-0.15, -0.1) is 0 Å². The maximum Gasteiger partial charge on any atom is 0 e. The first kappa shape index (κ1) is 25.0. The summed E-state index contributed by atoms with van der Waals surface area (Å²) in [5, 5.41) is 0.806. The first-order chi connectivity index (χ1) is 7.84. The van der Waals surface area contributed by atoms with Crippen molar-refractivity contribution in [3.63, 3.8) is 0 Å². The van der Waals surface area contributed by atoms with Gasteiger partial charge in [0.05, 0.1) is 0 Å². The van der Waals surface area contributed by atoms with Gasteiger partial charge in [0.1, 0.15) is 0 Å². The number of rotatable bonds is 1. The Morgan fingerprint density at radius 1 is 1.00 bits per heavy atom. The number of halogens is 1. The van der Waals surface area contributed by atoms with Gasteiger partial charge in [0.15, 0.2) is 0 Å². The fourth-order valence-electron chi connectivity index (χ4n) is 0.790. The van der Waals surface area contributed by atoms with Crippen LogP contribution in [-0.2, 0) is 31.3 Å². The van der Waals surface area contributed by atoms with Crippen LogP contribution in [0.15, 0.2) is 30.3 Å². The van der Waals surface area contributed by atoms with E-state index in [2.05, 4.69) is 20.0 Å². The fraction of sp³-hybridized carbons (Fsp3) is 0.0833. The zero-order chi connectivity index (χ0) is 13.4. The molecule has 0 aliphatic rings. The Balaban J connectivity index is -0.000000106. The molecule has 0 saturated heterocycles. The van der Waals surface area contributed by atoms with E-state index in [4.69, 9.17) is 25.6 Å². The summed E-state index contributed by atoms with van der Waals surface area (Å²) in [5.41, 5.74) is 1.08. The summed E-state index contributed by atoms with van der Waals surface area (Å²) in [6.07, 6.45) is 3.96. The molecule has 0 aromatic heterocycles. The van der Waals surface area contributed by atoms with Crippen LogP contribution in [0.3, 0.4) is 0 Å². The Morgan fingerprint density at radius 3 is 1.76 bits per heavy atom. The minimum atomic E-state index is 0. The molecule has 0 aliphatic carbocycles. The smallest absolute Gasteiger partial charge is 0 e. The summed E-state index contributed by atoms with van der Waals surface area (Å²) in [4.78, 5) is 0.